The van der Waals surface area contributed by atoms with E-state index in [1.807, 2.05) is 0 Å². The fourth-order valence-corrected chi connectivity index (χ4v) is 2.90. The summed E-state index contributed by atoms with van der Waals surface area (Å²) in [7, 11) is 0. The molecule has 5 nitrogen and oxygen atoms in total. The van der Waals surface area contributed by atoms with Crippen LogP contribution in [0.15, 0.2) is 30.7 Å². The minimum absolute atomic E-state index is 0.274. The number of aliphatic hydroxyl groups is 1. The molecule has 0 unspecified atom stereocenters. The van der Waals surface area contributed by atoms with Gasteiger partial charge in [0.25, 0.3) is 0 Å². The normalized spacial score (nSPS) is 12.0. The Morgan fingerprint density at radius 2 is 1.81 bits per heavy atom. The molecular formula is C20H22ClFN4O. The lowest BCUT2D eigenvalue weighted by Crippen LogP contribution is -2.19. The standard InChI is InChI=1S/C20H22ClFN4O/c1-11(2)7-24-18-14-5-13(16(22)6-17(14)23-10-15(18)21)12-8-25-19(26-9-12)20(3,4)27/h5-6,8-11,27H,7H2,1-4H3,(H,23,24). The molecule has 0 amide bonds. The molecule has 1 aromatic carbocycles. The van der Waals surface area contributed by atoms with Crippen molar-refractivity contribution in [3.63, 3.8) is 0 Å². The molecule has 2 heterocycles. The van der Waals surface area contributed by atoms with Crippen LogP contribution in [0, 0.1) is 11.7 Å². The predicted octanol–water partition coefficient (Wildman–Crippen LogP) is 4.78. The first-order chi connectivity index (χ1) is 12.7. The number of aromatic nitrogens is 3. The van der Waals surface area contributed by atoms with E-state index in [-0.39, 0.29) is 5.82 Å². The van der Waals surface area contributed by atoms with Crippen LogP contribution < -0.4 is 5.32 Å². The largest absolute Gasteiger partial charge is 0.383 e. The Hall–Kier alpha value is -2.31. The van der Waals surface area contributed by atoms with Crippen LogP contribution in [0.5, 0.6) is 0 Å². The number of hydrogen-bond donors (Lipinski definition) is 2. The zero-order valence-corrected chi connectivity index (χ0v) is 16.5. The van der Waals surface area contributed by atoms with Crippen LogP contribution in [0.3, 0.4) is 0 Å². The van der Waals surface area contributed by atoms with Gasteiger partial charge in [-0.1, -0.05) is 25.4 Å². The second-order valence-electron chi connectivity index (χ2n) is 7.46. The van der Waals surface area contributed by atoms with Gasteiger partial charge >= 0.3 is 0 Å². The number of nitrogens with zero attached hydrogens (tertiary/aromatic N) is 3. The number of benzene rings is 1. The topological polar surface area (TPSA) is 70.9 Å². The minimum atomic E-state index is -1.16. The Labute approximate surface area is 162 Å². The van der Waals surface area contributed by atoms with E-state index >= 15 is 0 Å². The predicted molar refractivity (Wildman–Crippen MR) is 106 cm³/mol. The summed E-state index contributed by atoms with van der Waals surface area (Å²) in [5, 5.41) is 14.5. The van der Waals surface area contributed by atoms with Crippen LogP contribution in [0.25, 0.3) is 22.0 Å². The molecule has 0 saturated carbocycles. The van der Waals surface area contributed by atoms with Gasteiger partial charge in [0.1, 0.15) is 11.4 Å². The van der Waals surface area contributed by atoms with Crippen LogP contribution in [0.4, 0.5) is 10.1 Å². The van der Waals surface area contributed by atoms with Crippen molar-refractivity contribution in [2.24, 2.45) is 5.92 Å². The van der Waals surface area contributed by atoms with E-state index in [0.717, 1.165) is 17.6 Å². The van der Waals surface area contributed by atoms with Crippen molar-refractivity contribution in [1.82, 2.24) is 15.0 Å². The number of pyridine rings is 1. The van der Waals surface area contributed by atoms with Gasteiger partial charge < -0.3 is 10.4 Å². The molecule has 27 heavy (non-hydrogen) atoms. The Morgan fingerprint density at radius 1 is 1.15 bits per heavy atom. The molecule has 0 atom stereocenters. The molecule has 0 saturated heterocycles. The third kappa shape index (κ3) is 4.17. The third-order valence-corrected chi connectivity index (χ3v) is 4.39. The molecule has 0 spiro atoms. The monoisotopic (exact) mass is 388 g/mol. The average molecular weight is 389 g/mol. The Balaban J connectivity index is 2.11. The maximum Gasteiger partial charge on any atom is 0.159 e. The van der Waals surface area contributed by atoms with E-state index in [2.05, 4.69) is 34.1 Å². The molecule has 7 heteroatoms. The first-order valence-corrected chi connectivity index (χ1v) is 9.11. The molecule has 2 aromatic heterocycles. The number of halogens is 2. The molecule has 3 rings (SSSR count). The van der Waals surface area contributed by atoms with Crippen LogP contribution in [-0.4, -0.2) is 26.6 Å². The quantitative estimate of drug-likeness (QED) is 0.658. The third-order valence-electron chi connectivity index (χ3n) is 4.11. The van der Waals surface area contributed by atoms with Crippen LogP contribution >= 0.6 is 11.6 Å². The maximum absolute atomic E-state index is 14.7. The highest BCUT2D eigenvalue weighted by Gasteiger charge is 2.20. The highest BCUT2D eigenvalue weighted by atomic mass is 35.5. The van der Waals surface area contributed by atoms with E-state index in [1.165, 1.54) is 24.7 Å². The summed E-state index contributed by atoms with van der Waals surface area (Å²) >= 11 is 6.32. The van der Waals surface area contributed by atoms with Gasteiger partial charge in [0.15, 0.2) is 5.82 Å². The molecule has 0 fully saturated rings. The molecule has 0 radical (unpaired) electrons. The number of nitrogens with one attached hydrogen (secondary N) is 1. The SMILES string of the molecule is CC(C)CNc1c(Cl)cnc2cc(F)c(-c3cnc(C(C)(C)O)nc3)cc12. The van der Waals surface area contributed by atoms with Gasteiger partial charge in [-0.15, -0.1) is 0 Å². The van der Waals surface area contributed by atoms with Gasteiger partial charge in [-0.05, 0) is 25.8 Å². The first-order valence-electron chi connectivity index (χ1n) is 8.73. The second kappa shape index (κ2) is 7.37. The number of fused-ring (bicyclic) bond motifs is 1. The number of anilines is 1. The van der Waals surface area contributed by atoms with Crippen molar-refractivity contribution in [2.75, 3.05) is 11.9 Å². The van der Waals surface area contributed by atoms with Gasteiger partial charge in [0.2, 0.25) is 0 Å². The van der Waals surface area contributed by atoms with E-state index < -0.39 is 11.4 Å². The first kappa shape index (κ1) is 19.5. The lowest BCUT2D eigenvalue weighted by Gasteiger charge is -2.16. The van der Waals surface area contributed by atoms with E-state index in [4.69, 9.17) is 11.6 Å². The molecule has 0 aliphatic carbocycles. The molecule has 2 N–H and O–H groups in total. The Morgan fingerprint density at radius 3 is 2.41 bits per heavy atom. The van der Waals surface area contributed by atoms with Gasteiger partial charge in [-0.25, -0.2) is 14.4 Å². The second-order valence-corrected chi connectivity index (χ2v) is 7.87. The van der Waals surface area contributed by atoms with Crippen molar-refractivity contribution >= 4 is 28.2 Å². The fourth-order valence-electron chi connectivity index (χ4n) is 2.68. The van der Waals surface area contributed by atoms with Crippen molar-refractivity contribution < 1.29 is 9.50 Å². The highest BCUT2D eigenvalue weighted by molar-refractivity contribution is 6.34. The zero-order chi connectivity index (χ0) is 19.8. The van der Waals surface area contributed by atoms with E-state index in [9.17, 15) is 9.50 Å². The van der Waals surface area contributed by atoms with E-state index in [0.29, 0.717) is 27.6 Å². The van der Waals surface area contributed by atoms with Gasteiger partial charge in [0.05, 0.1) is 16.2 Å². The summed E-state index contributed by atoms with van der Waals surface area (Å²) in [6.45, 7) is 8.11. The fraction of sp³-hybridized carbons (Fsp3) is 0.350. The van der Waals surface area contributed by atoms with Crippen LogP contribution in [0.2, 0.25) is 5.02 Å². The van der Waals surface area contributed by atoms with E-state index in [1.54, 1.807) is 19.9 Å². The summed E-state index contributed by atoms with van der Waals surface area (Å²) in [5.74, 6) is 0.273. The maximum atomic E-state index is 14.7. The molecule has 0 bridgehead atoms. The molecule has 3 aromatic rings. The highest BCUT2D eigenvalue weighted by Crippen LogP contribution is 2.34. The lowest BCUT2D eigenvalue weighted by atomic mass is 10.0. The van der Waals surface area contributed by atoms with Gasteiger partial charge in [0, 0.05) is 47.7 Å². The number of hydrogen-bond acceptors (Lipinski definition) is 5. The van der Waals surface area contributed by atoms with Crippen molar-refractivity contribution in [3.05, 3.63) is 47.4 Å². The molecule has 142 valence electrons. The Kier molecular flexibility index (Phi) is 5.31. The van der Waals surface area contributed by atoms with Crippen molar-refractivity contribution in [1.29, 1.82) is 0 Å². The van der Waals surface area contributed by atoms with Crippen molar-refractivity contribution in [2.45, 2.75) is 33.3 Å². The lowest BCUT2D eigenvalue weighted by molar-refractivity contribution is 0.0687. The van der Waals surface area contributed by atoms with Gasteiger partial charge in [-0.2, -0.15) is 0 Å². The average Bonchev–Trinajstić information content (AvgIpc) is 2.60. The van der Waals surface area contributed by atoms with Crippen LogP contribution in [0.1, 0.15) is 33.5 Å². The summed E-state index contributed by atoms with van der Waals surface area (Å²) in [6.07, 6.45) is 4.53. The van der Waals surface area contributed by atoms with Crippen LogP contribution in [-0.2, 0) is 5.60 Å². The summed E-state index contributed by atoms with van der Waals surface area (Å²) in [5.41, 5.74) is 0.941. The van der Waals surface area contributed by atoms with Crippen molar-refractivity contribution in [3.8, 4) is 11.1 Å². The summed E-state index contributed by atoms with van der Waals surface area (Å²) in [6, 6.07) is 3.08. The molecule has 0 aliphatic rings. The minimum Gasteiger partial charge on any atom is -0.383 e. The summed E-state index contributed by atoms with van der Waals surface area (Å²) in [4.78, 5) is 12.6. The smallest absolute Gasteiger partial charge is 0.159 e. The Bertz CT molecular complexity index is 968. The molecule has 0 aliphatic heterocycles. The zero-order valence-electron chi connectivity index (χ0n) is 15.7. The van der Waals surface area contributed by atoms with Gasteiger partial charge in [-0.3, -0.25) is 4.98 Å². The molecular weight excluding hydrogens is 367 g/mol. The summed E-state index contributed by atoms with van der Waals surface area (Å²) < 4.78 is 14.7. The number of rotatable bonds is 5.